The van der Waals surface area contributed by atoms with E-state index in [0.717, 1.165) is 22.7 Å². The summed E-state index contributed by atoms with van der Waals surface area (Å²) in [6.07, 6.45) is 0. The Labute approximate surface area is 468 Å². The highest BCUT2D eigenvalue weighted by molar-refractivity contribution is 7.00. The molecule has 0 atom stereocenters. The molecule has 0 radical (unpaired) electrons. The van der Waals surface area contributed by atoms with Crippen molar-refractivity contribution in [2.45, 2.75) is 157 Å². The number of hydrogen-bond acceptors (Lipinski definition) is 3. The predicted octanol–water partition coefficient (Wildman–Crippen LogP) is 18.7. The first kappa shape index (κ1) is 53.0. The smallest absolute Gasteiger partial charge is 0.252 e. The minimum atomic E-state index is -0.174. The van der Waals surface area contributed by atoms with Gasteiger partial charge < -0.3 is 19.3 Å². The van der Waals surface area contributed by atoms with Crippen LogP contribution in [-0.4, -0.2) is 11.3 Å². The van der Waals surface area contributed by atoms with Crippen molar-refractivity contribution in [2.24, 2.45) is 7.05 Å². The van der Waals surface area contributed by atoms with Crippen LogP contribution in [0.25, 0.3) is 21.8 Å². The third-order valence-corrected chi connectivity index (χ3v) is 17.1. The number of fused-ring (bicyclic) bond motifs is 7. The molecule has 0 saturated heterocycles. The normalized spacial score (nSPS) is 14.0. The molecule has 0 saturated carbocycles. The van der Waals surface area contributed by atoms with E-state index in [1.54, 1.807) is 0 Å². The molecule has 8 aromatic carbocycles. The van der Waals surface area contributed by atoms with Crippen molar-refractivity contribution in [2.75, 3.05) is 14.7 Å². The highest BCUT2D eigenvalue weighted by Gasteiger charge is 2.46. The molecule has 9 aromatic rings. The third kappa shape index (κ3) is 9.03. The van der Waals surface area contributed by atoms with E-state index in [0.29, 0.717) is 0 Å². The van der Waals surface area contributed by atoms with Crippen LogP contribution < -0.4 is 31.1 Å². The molecular formula is C73H83BN4. The molecule has 0 bridgehead atoms. The molecule has 0 aliphatic carbocycles. The Bertz CT molecular complexity index is 3740. The Kier molecular flexibility index (Phi) is 12.3. The van der Waals surface area contributed by atoms with Gasteiger partial charge >= 0.3 is 0 Å². The maximum atomic E-state index is 2.69. The number of aryl methyl sites for hydroxylation is 1. The molecule has 11 rings (SSSR count). The predicted molar refractivity (Wildman–Crippen MR) is 341 cm³/mol. The Morgan fingerprint density at radius 2 is 0.744 bits per heavy atom. The zero-order chi connectivity index (χ0) is 56.0. The van der Waals surface area contributed by atoms with Crippen molar-refractivity contribution in [1.29, 1.82) is 0 Å². The SMILES string of the molecule is Cn1c2ccccc2c2c(N3c4ccc(C(C)(C)C)cc4B4c5cc(C(C)(C)C)ccc5N(c5ccc(C(C)(C)C)cc5)c5cc(C(C)(C)C)cc3c54)cc(N(c3ccc(C(C)(C)C)cc3)c3ccc(C(C)(C)C)cc3)cc21. The van der Waals surface area contributed by atoms with Crippen molar-refractivity contribution < 1.29 is 0 Å². The van der Waals surface area contributed by atoms with Gasteiger partial charge in [0.1, 0.15) is 0 Å². The summed E-state index contributed by atoms with van der Waals surface area (Å²) in [4.78, 5) is 7.78. The molecule has 1 aromatic heterocycles. The molecule has 0 N–H and O–H groups in total. The summed E-state index contributed by atoms with van der Waals surface area (Å²) in [5.74, 6) is 0. The van der Waals surface area contributed by atoms with Crippen LogP contribution in [0.5, 0.6) is 0 Å². The summed E-state index contributed by atoms with van der Waals surface area (Å²) in [6, 6.07) is 61.9. The molecule has 5 heteroatoms. The van der Waals surface area contributed by atoms with E-state index in [4.69, 9.17) is 0 Å². The van der Waals surface area contributed by atoms with Crippen molar-refractivity contribution in [3.8, 4) is 0 Å². The van der Waals surface area contributed by atoms with Gasteiger partial charge in [-0.1, -0.05) is 203 Å². The minimum Gasteiger partial charge on any atom is -0.343 e. The highest BCUT2D eigenvalue weighted by Crippen LogP contribution is 2.52. The summed E-state index contributed by atoms with van der Waals surface area (Å²) in [6.45, 7) is 42.0. The van der Waals surface area contributed by atoms with Crippen LogP contribution in [0.1, 0.15) is 158 Å². The Morgan fingerprint density at radius 1 is 0.333 bits per heavy atom. The standard InChI is InChI=1S/C73H83BN4/c1-68(2,3)46-24-32-52(33-25-46)76(53-34-26-47(27-35-53)69(4,5)6)55-44-62-66(56-22-20-21-23-59(56)75(62)19)63(45-55)78-61-39-31-50(72(13,14)15)41-58(61)74-57-40-49(71(10,11)12)30-38-60(57)77(54-36-28-48(29-37-54)70(7,8)9)64-42-51(73(16,17)18)43-65(78)67(64)74/h20-45H,1-19H3. The second kappa shape index (κ2) is 18.0. The highest BCUT2D eigenvalue weighted by atomic mass is 15.2. The first-order chi connectivity index (χ1) is 36.4. The van der Waals surface area contributed by atoms with Gasteiger partial charge in [0.2, 0.25) is 0 Å². The summed E-state index contributed by atoms with van der Waals surface area (Å²) < 4.78 is 2.42. The second-order valence-electron chi connectivity index (χ2n) is 29.0. The van der Waals surface area contributed by atoms with E-state index in [1.807, 2.05) is 0 Å². The lowest BCUT2D eigenvalue weighted by molar-refractivity contribution is 0.589. The Hall–Kier alpha value is -6.98. The van der Waals surface area contributed by atoms with Crippen LogP contribution >= 0.6 is 0 Å². The van der Waals surface area contributed by atoms with Crippen LogP contribution in [0.2, 0.25) is 0 Å². The number of anilines is 9. The van der Waals surface area contributed by atoms with Gasteiger partial charge in [0, 0.05) is 63.1 Å². The van der Waals surface area contributed by atoms with Gasteiger partial charge in [-0.15, -0.1) is 0 Å². The molecule has 2 aliphatic rings. The topological polar surface area (TPSA) is 14.7 Å². The molecule has 0 spiro atoms. The molecule has 0 amide bonds. The van der Waals surface area contributed by atoms with E-state index in [2.05, 4.69) is 309 Å². The number of hydrogen-bond donors (Lipinski definition) is 0. The summed E-state index contributed by atoms with van der Waals surface area (Å²) >= 11 is 0. The largest absolute Gasteiger partial charge is 0.343 e. The van der Waals surface area contributed by atoms with Crippen molar-refractivity contribution in [3.63, 3.8) is 0 Å². The van der Waals surface area contributed by atoms with Gasteiger partial charge in [-0.25, -0.2) is 0 Å². The number of nitrogens with zero attached hydrogens (tertiary/aromatic N) is 4. The van der Waals surface area contributed by atoms with Gasteiger partial charge in [0.15, 0.2) is 0 Å². The fourth-order valence-corrected chi connectivity index (χ4v) is 12.2. The van der Waals surface area contributed by atoms with Gasteiger partial charge in [-0.05, 0) is 161 Å². The first-order valence-electron chi connectivity index (χ1n) is 28.6. The fraction of sp³-hybridized carbons (Fsp3) is 0.342. The minimum absolute atomic E-state index is 0.0142. The number of para-hydroxylation sites is 1. The monoisotopic (exact) mass is 1030 g/mol. The molecule has 4 nitrogen and oxygen atoms in total. The molecular weight excluding hydrogens is 944 g/mol. The summed E-state index contributed by atoms with van der Waals surface area (Å²) in [7, 11) is 2.25. The summed E-state index contributed by atoms with van der Waals surface area (Å²) in [5, 5.41) is 2.48. The van der Waals surface area contributed by atoms with Gasteiger partial charge in [0.25, 0.3) is 6.71 Å². The molecule has 0 fully saturated rings. The zero-order valence-corrected chi connectivity index (χ0v) is 50.4. The van der Waals surface area contributed by atoms with Crippen LogP contribution in [0, 0.1) is 0 Å². The number of rotatable bonds is 5. The third-order valence-electron chi connectivity index (χ3n) is 17.1. The van der Waals surface area contributed by atoms with E-state index < -0.39 is 0 Å². The van der Waals surface area contributed by atoms with Crippen LogP contribution in [0.4, 0.5) is 51.2 Å². The van der Waals surface area contributed by atoms with Gasteiger partial charge in [-0.2, -0.15) is 0 Å². The molecule has 2 aliphatic heterocycles. The van der Waals surface area contributed by atoms with Crippen molar-refractivity contribution in [3.05, 3.63) is 191 Å². The van der Waals surface area contributed by atoms with Gasteiger partial charge in [0.05, 0.1) is 16.9 Å². The fourth-order valence-electron chi connectivity index (χ4n) is 12.2. The molecule has 398 valence electrons. The summed E-state index contributed by atoms with van der Waals surface area (Å²) in [5.41, 5.74) is 24.7. The lowest BCUT2D eigenvalue weighted by atomic mass is 9.33. The Balaban J connectivity index is 1.29. The lowest BCUT2D eigenvalue weighted by Gasteiger charge is -2.46. The van der Waals surface area contributed by atoms with Crippen LogP contribution in [0.3, 0.4) is 0 Å². The van der Waals surface area contributed by atoms with Crippen molar-refractivity contribution >= 4 is 96.1 Å². The van der Waals surface area contributed by atoms with E-state index in [1.165, 1.54) is 100 Å². The second-order valence-corrected chi connectivity index (χ2v) is 29.0. The molecule has 0 unspecified atom stereocenters. The van der Waals surface area contributed by atoms with E-state index in [9.17, 15) is 0 Å². The van der Waals surface area contributed by atoms with Crippen LogP contribution in [-0.2, 0) is 39.5 Å². The molecule has 78 heavy (non-hydrogen) atoms. The van der Waals surface area contributed by atoms with Crippen molar-refractivity contribution in [1.82, 2.24) is 4.57 Å². The van der Waals surface area contributed by atoms with Gasteiger partial charge in [-0.3, -0.25) is 0 Å². The quantitative estimate of drug-likeness (QED) is 0.160. The maximum absolute atomic E-state index is 2.69. The lowest BCUT2D eigenvalue weighted by Crippen LogP contribution is -2.61. The molecule has 3 heterocycles. The number of aromatic nitrogens is 1. The average molecular weight is 1030 g/mol. The van der Waals surface area contributed by atoms with E-state index >= 15 is 0 Å². The Morgan fingerprint density at radius 3 is 1.21 bits per heavy atom. The number of benzene rings is 8. The van der Waals surface area contributed by atoms with E-state index in [-0.39, 0.29) is 39.2 Å². The zero-order valence-electron chi connectivity index (χ0n) is 50.4. The average Bonchev–Trinajstić information content (AvgIpc) is 3.83. The van der Waals surface area contributed by atoms with Crippen LogP contribution in [0.15, 0.2) is 158 Å². The maximum Gasteiger partial charge on any atom is 0.252 e. The first-order valence-corrected chi connectivity index (χ1v) is 28.6.